The lowest BCUT2D eigenvalue weighted by molar-refractivity contribution is -0.146. The number of hydrogen-bond acceptors (Lipinski definition) is 8. The molecule has 21 heavy (non-hydrogen) atoms. The highest BCUT2D eigenvalue weighted by molar-refractivity contribution is 7.14. The van der Waals surface area contributed by atoms with Crippen molar-refractivity contribution in [3.05, 3.63) is 27.6 Å². The number of aliphatic hydroxyl groups excluding tert-OH is 1. The van der Waals surface area contributed by atoms with Crippen molar-refractivity contribution in [3.8, 4) is 0 Å². The second-order valence-electron chi connectivity index (χ2n) is 4.88. The van der Waals surface area contributed by atoms with Crippen LogP contribution in [0.2, 0.25) is 0 Å². The molecule has 2 aromatic rings. The summed E-state index contributed by atoms with van der Waals surface area (Å²) in [5.74, 6) is -0.387. The van der Waals surface area contributed by atoms with Crippen LogP contribution in [0.5, 0.6) is 0 Å². The molecule has 0 amide bonds. The molecule has 0 bridgehead atoms. The van der Waals surface area contributed by atoms with Gasteiger partial charge in [-0.1, -0.05) is 11.3 Å². The minimum absolute atomic E-state index is 0.259. The molecule has 1 saturated heterocycles. The monoisotopic (exact) mass is 310 g/mol. The van der Waals surface area contributed by atoms with Crippen LogP contribution in [0.3, 0.4) is 0 Å². The zero-order valence-electron chi connectivity index (χ0n) is 11.3. The predicted molar refractivity (Wildman–Crippen MR) is 74.0 cm³/mol. The molecule has 3 rings (SSSR count). The lowest BCUT2D eigenvalue weighted by atomic mass is 10.2. The van der Waals surface area contributed by atoms with Crippen molar-refractivity contribution in [2.45, 2.75) is 25.1 Å². The SMILES string of the molecule is COC(=O)C1CC(O)CN1Cc1cc(=O)n2ncsc2n1. The van der Waals surface area contributed by atoms with Crippen LogP contribution in [-0.2, 0) is 16.1 Å². The predicted octanol–water partition coefficient (Wildman–Crippen LogP) is -0.741. The molecule has 112 valence electrons. The summed E-state index contributed by atoms with van der Waals surface area (Å²) in [5.41, 5.74) is 1.84. The average molecular weight is 310 g/mol. The van der Waals surface area contributed by atoms with E-state index < -0.39 is 12.1 Å². The fourth-order valence-electron chi connectivity index (χ4n) is 2.53. The van der Waals surface area contributed by atoms with E-state index in [2.05, 4.69) is 10.1 Å². The molecule has 9 heteroatoms. The van der Waals surface area contributed by atoms with Gasteiger partial charge in [0.2, 0.25) is 4.96 Å². The van der Waals surface area contributed by atoms with Crippen LogP contribution in [0.1, 0.15) is 12.1 Å². The van der Waals surface area contributed by atoms with Crippen molar-refractivity contribution in [2.24, 2.45) is 0 Å². The minimum atomic E-state index is -0.581. The smallest absolute Gasteiger partial charge is 0.323 e. The highest BCUT2D eigenvalue weighted by atomic mass is 32.1. The molecule has 0 spiro atoms. The normalized spacial score (nSPS) is 22.8. The van der Waals surface area contributed by atoms with Gasteiger partial charge in [-0.05, 0) is 0 Å². The summed E-state index contributed by atoms with van der Waals surface area (Å²) >= 11 is 1.27. The van der Waals surface area contributed by atoms with Crippen LogP contribution in [-0.4, -0.2) is 56.4 Å². The standard InChI is InChI=1S/C12H14N4O4S/c1-20-11(19)9-3-8(17)5-15(9)4-7-2-10(18)16-12(14-7)21-6-13-16/h2,6,8-9,17H,3-5H2,1H3. The molecule has 1 N–H and O–H groups in total. The first kappa shape index (κ1) is 14.1. The van der Waals surface area contributed by atoms with E-state index in [1.807, 2.05) is 0 Å². The van der Waals surface area contributed by atoms with Crippen LogP contribution in [0, 0.1) is 0 Å². The van der Waals surface area contributed by atoms with Crippen molar-refractivity contribution in [1.29, 1.82) is 0 Å². The molecular formula is C12H14N4O4S. The number of carbonyl (C=O) groups is 1. The Labute approximate surface area is 123 Å². The maximum atomic E-state index is 11.9. The van der Waals surface area contributed by atoms with Gasteiger partial charge in [0.25, 0.3) is 5.56 Å². The van der Waals surface area contributed by atoms with Crippen LogP contribution in [0.4, 0.5) is 0 Å². The first-order valence-electron chi connectivity index (χ1n) is 6.41. The van der Waals surface area contributed by atoms with Crippen molar-refractivity contribution >= 4 is 22.3 Å². The summed E-state index contributed by atoms with van der Waals surface area (Å²) in [7, 11) is 1.32. The maximum absolute atomic E-state index is 11.9. The van der Waals surface area contributed by atoms with E-state index in [4.69, 9.17) is 4.74 Å². The van der Waals surface area contributed by atoms with Crippen molar-refractivity contribution in [2.75, 3.05) is 13.7 Å². The van der Waals surface area contributed by atoms with Crippen molar-refractivity contribution < 1.29 is 14.6 Å². The number of aliphatic hydroxyl groups is 1. The fraction of sp³-hybridized carbons (Fsp3) is 0.500. The largest absolute Gasteiger partial charge is 0.468 e. The highest BCUT2D eigenvalue weighted by Gasteiger charge is 2.36. The molecule has 1 aliphatic rings. The third-order valence-electron chi connectivity index (χ3n) is 3.46. The number of methoxy groups -OCH3 is 1. The lowest BCUT2D eigenvalue weighted by Gasteiger charge is -2.21. The lowest BCUT2D eigenvalue weighted by Crippen LogP contribution is -2.37. The summed E-state index contributed by atoms with van der Waals surface area (Å²) in [5, 5.41) is 13.6. The maximum Gasteiger partial charge on any atom is 0.323 e. The molecule has 3 heterocycles. The first-order chi connectivity index (χ1) is 10.1. The van der Waals surface area contributed by atoms with E-state index in [-0.39, 0.29) is 11.5 Å². The molecule has 8 nitrogen and oxygen atoms in total. The number of aromatic nitrogens is 3. The number of esters is 1. The van der Waals surface area contributed by atoms with Gasteiger partial charge in [-0.15, -0.1) is 0 Å². The molecule has 1 fully saturated rings. The van der Waals surface area contributed by atoms with Gasteiger partial charge >= 0.3 is 5.97 Å². The second-order valence-corrected chi connectivity index (χ2v) is 5.69. The molecule has 0 aliphatic carbocycles. The molecule has 0 radical (unpaired) electrons. The van der Waals surface area contributed by atoms with Gasteiger partial charge in [-0.25, -0.2) is 4.98 Å². The molecule has 2 unspecified atom stereocenters. The number of rotatable bonds is 3. The van der Waals surface area contributed by atoms with Crippen molar-refractivity contribution in [1.82, 2.24) is 19.5 Å². The molecular weight excluding hydrogens is 296 g/mol. The first-order valence-corrected chi connectivity index (χ1v) is 7.29. The van der Waals surface area contributed by atoms with Crippen LogP contribution in [0.25, 0.3) is 4.96 Å². The Morgan fingerprint density at radius 3 is 3.19 bits per heavy atom. The third-order valence-corrected chi connectivity index (χ3v) is 4.13. The van der Waals surface area contributed by atoms with E-state index in [1.165, 1.54) is 29.0 Å². The summed E-state index contributed by atoms with van der Waals surface area (Å²) in [6, 6.07) is 0.887. The van der Waals surface area contributed by atoms with E-state index in [9.17, 15) is 14.7 Å². The molecule has 2 aromatic heterocycles. The second kappa shape index (κ2) is 5.51. The number of β-amino-alcohol motifs (C(OH)–C–C–N with tert-alkyl or cyclic N) is 1. The Kier molecular flexibility index (Phi) is 3.70. The van der Waals surface area contributed by atoms with E-state index in [0.29, 0.717) is 30.2 Å². The number of hydrogen-bond donors (Lipinski definition) is 1. The fourth-order valence-corrected chi connectivity index (χ4v) is 3.17. The molecule has 0 aromatic carbocycles. The average Bonchev–Trinajstić information content (AvgIpc) is 3.05. The van der Waals surface area contributed by atoms with Gasteiger partial charge in [0, 0.05) is 25.6 Å². The number of nitrogens with zero attached hydrogens (tertiary/aromatic N) is 4. The van der Waals surface area contributed by atoms with Crippen LogP contribution >= 0.6 is 11.3 Å². The van der Waals surface area contributed by atoms with Gasteiger partial charge in [0.1, 0.15) is 11.6 Å². The summed E-state index contributed by atoms with van der Waals surface area (Å²) in [6.07, 6.45) is -0.253. The van der Waals surface area contributed by atoms with Gasteiger partial charge in [0.05, 0.1) is 18.9 Å². The Bertz CT molecular complexity index is 727. The highest BCUT2D eigenvalue weighted by Crippen LogP contribution is 2.21. The quantitative estimate of drug-likeness (QED) is 0.746. The number of likely N-dealkylation sites (tertiary alicyclic amines) is 1. The Hall–Kier alpha value is -1.84. The van der Waals surface area contributed by atoms with Gasteiger partial charge in [-0.3, -0.25) is 14.5 Å². The van der Waals surface area contributed by atoms with Gasteiger partial charge in [-0.2, -0.15) is 9.61 Å². The zero-order valence-corrected chi connectivity index (χ0v) is 12.1. The third kappa shape index (κ3) is 2.67. The van der Waals surface area contributed by atoms with Crippen LogP contribution < -0.4 is 5.56 Å². The number of ether oxygens (including phenoxy) is 1. The number of carbonyl (C=O) groups excluding carboxylic acids is 1. The zero-order chi connectivity index (χ0) is 15.0. The minimum Gasteiger partial charge on any atom is -0.468 e. The Balaban J connectivity index is 1.86. The van der Waals surface area contributed by atoms with Crippen molar-refractivity contribution in [3.63, 3.8) is 0 Å². The summed E-state index contributed by atoms with van der Waals surface area (Å²) < 4.78 is 5.97. The topological polar surface area (TPSA) is 97.0 Å². The van der Waals surface area contributed by atoms with Gasteiger partial charge in [0.15, 0.2) is 0 Å². The molecule has 1 aliphatic heterocycles. The Morgan fingerprint density at radius 1 is 1.62 bits per heavy atom. The number of fused-ring (bicyclic) bond motifs is 1. The Morgan fingerprint density at radius 2 is 2.43 bits per heavy atom. The summed E-state index contributed by atoms with van der Waals surface area (Å²) in [6.45, 7) is 0.657. The van der Waals surface area contributed by atoms with E-state index in [0.717, 1.165) is 0 Å². The van der Waals surface area contributed by atoms with Crippen LogP contribution in [0.15, 0.2) is 16.4 Å². The molecule has 2 atom stereocenters. The van der Waals surface area contributed by atoms with Gasteiger partial charge < -0.3 is 9.84 Å². The van der Waals surface area contributed by atoms with E-state index >= 15 is 0 Å². The molecule has 0 saturated carbocycles. The summed E-state index contributed by atoms with van der Waals surface area (Å²) in [4.78, 5) is 30.2. The van der Waals surface area contributed by atoms with E-state index in [1.54, 1.807) is 10.4 Å².